The fourth-order valence-corrected chi connectivity index (χ4v) is 3.16. The topological polar surface area (TPSA) is 72.4 Å². The fourth-order valence-electron chi connectivity index (χ4n) is 3.16. The molecule has 128 valence electrons. The third-order valence-corrected chi connectivity index (χ3v) is 4.52. The second-order valence-electron chi connectivity index (χ2n) is 6.23. The van der Waals surface area contributed by atoms with Crippen LogP contribution in [-0.4, -0.2) is 30.4 Å². The van der Waals surface area contributed by atoms with Crippen LogP contribution in [0.5, 0.6) is 0 Å². The van der Waals surface area contributed by atoms with Gasteiger partial charge in [-0.05, 0) is 24.1 Å². The van der Waals surface area contributed by atoms with Crippen LogP contribution in [0, 0.1) is 0 Å². The van der Waals surface area contributed by atoms with Crippen LogP contribution in [0.3, 0.4) is 0 Å². The van der Waals surface area contributed by atoms with E-state index < -0.39 is 0 Å². The molecule has 4 aromatic rings. The van der Waals surface area contributed by atoms with Crippen molar-refractivity contribution in [2.45, 2.75) is 20.0 Å². The zero-order chi connectivity index (χ0) is 17.5. The Bertz CT molecular complexity index is 1140. The summed E-state index contributed by atoms with van der Waals surface area (Å²) in [4.78, 5) is 13.6. The lowest BCUT2D eigenvalue weighted by atomic mass is 10.0. The van der Waals surface area contributed by atoms with E-state index in [4.69, 9.17) is 4.98 Å². The van der Waals surface area contributed by atoms with E-state index in [0.29, 0.717) is 5.82 Å². The quantitative estimate of drug-likeness (QED) is 0.617. The molecule has 1 N–H and O–H groups in total. The van der Waals surface area contributed by atoms with Gasteiger partial charge >= 0.3 is 0 Å². The van der Waals surface area contributed by atoms with E-state index >= 15 is 0 Å². The van der Waals surface area contributed by atoms with E-state index in [1.807, 2.05) is 33.9 Å². The maximum atomic E-state index is 4.83. The van der Waals surface area contributed by atoms with Crippen molar-refractivity contribution in [2.24, 2.45) is 4.99 Å². The molecule has 0 radical (unpaired) electrons. The molecule has 3 aromatic heterocycles. The van der Waals surface area contributed by atoms with Crippen molar-refractivity contribution in [3.8, 4) is 11.3 Å². The van der Waals surface area contributed by atoms with E-state index in [0.717, 1.165) is 35.7 Å². The van der Waals surface area contributed by atoms with Gasteiger partial charge in [0, 0.05) is 43.1 Å². The summed E-state index contributed by atoms with van der Waals surface area (Å²) in [6.07, 6.45) is 11.4. The molecule has 1 aromatic carbocycles. The van der Waals surface area contributed by atoms with E-state index in [9.17, 15) is 0 Å². The molecule has 0 atom stereocenters. The monoisotopic (exact) mass is 343 g/mol. The van der Waals surface area contributed by atoms with Gasteiger partial charge in [-0.3, -0.25) is 9.67 Å². The predicted octanol–water partition coefficient (Wildman–Crippen LogP) is 3.29. The highest BCUT2D eigenvalue weighted by Crippen LogP contribution is 2.27. The Balaban J connectivity index is 1.58. The van der Waals surface area contributed by atoms with Crippen molar-refractivity contribution in [1.82, 2.24) is 24.1 Å². The van der Waals surface area contributed by atoms with Gasteiger partial charge in [-0.1, -0.05) is 12.1 Å². The number of fused-ring (bicyclic) bond motifs is 2. The molecular weight excluding hydrogens is 326 g/mol. The smallest absolute Gasteiger partial charge is 0.180 e. The highest BCUT2D eigenvalue weighted by Gasteiger charge is 2.13. The van der Waals surface area contributed by atoms with Crippen molar-refractivity contribution in [2.75, 3.05) is 5.32 Å². The summed E-state index contributed by atoms with van der Waals surface area (Å²) in [5, 5.41) is 7.65. The number of imidazole rings is 1. The van der Waals surface area contributed by atoms with Gasteiger partial charge in [0.15, 0.2) is 11.5 Å². The van der Waals surface area contributed by atoms with Crippen LogP contribution in [0.1, 0.15) is 18.1 Å². The lowest BCUT2D eigenvalue weighted by molar-refractivity contribution is 0.660. The highest BCUT2D eigenvalue weighted by atomic mass is 15.3. The van der Waals surface area contributed by atoms with Crippen molar-refractivity contribution < 1.29 is 0 Å². The Hall–Kier alpha value is -3.48. The van der Waals surface area contributed by atoms with Crippen LogP contribution in [0.25, 0.3) is 16.9 Å². The molecule has 0 saturated heterocycles. The number of hydrogen-bond donors (Lipinski definition) is 1. The van der Waals surface area contributed by atoms with Gasteiger partial charge in [0.25, 0.3) is 0 Å². The summed E-state index contributed by atoms with van der Waals surface area (Å²) in [6.45, 7) is 3.61. The normalized spacial score (nSPS) is 12.7. The van der Waals surface area contributed by atoms with Crippen molar-refractivity contribution >= 4 is 23.4 Å². The van der Waals surface area contributed by atoms with Crippen molar-refractivity contribution in [3.63, 3.8) is 0 Å². The minimum atomic E-state index is 0.708. The molecular formula is C19H17N7. The molecule has 0 saturated carbocycles. The van der Waals surface area contributed by atoms with Crippen LogP contribution in [0.4, 0.5) is 11.5 Å². The Labute approximate surface area is 150 Å². The van der Waals surface area contributed by atoms with Gasteiger partial charge in [0.1, 0.15) is 0 Å². The third kappa shape index (κ3) is 2.45. The summed E-state index contributed by atoms with van der Waals surface area (Å²) in [7, 11) is 0. The maximum absolute atomic E-state index is 4.83. The van der Waals surface area contributed by atoms with E-state index in [-0.39, 0.29) is 0 Å². The van der Waals surface area contributed by atoms with Gasteiger partial charge in [-0.15, -0.1) is 0 Å². The molecule has 0 spiro atoms. The number of rotatable bonds is 4. The lowest BCUT2D eigenvalue weighted by Crippen LogP contribution is -2.00. The van der Waals surface area contributed by atoms with E-state index in [2.05, 4.69) is 45.5 Å². The first-order valence-corrected chi connectivity index (χ1v) is 8.56. The van der Waals surface area contributed by atoms with E-state index in [1.54, 1.807) is 12.4 Å². The van der Waals surface area contributed by atoms with E-state index in [1.165, 1.54) is 11.1 Å². The first-order chi connectivity index (χ1) is 12.8. The Morgan fingerprint density at radius 1 is 1.23 bits per heavy atom. The minimum absolute atomic E-state index is 0.708. The molecule has 26 heavy (non-hydrogen) atoms. The first-order valence-electron chi connectivity index (χ1n) is 8.56. The predicted molar refractivity (Wildman–Crippen MR) is 101 cm³/mol. The molecule has 0 bridgehead atoms. The van der Waals surface area contributed by atoms with Gasteiger partial charge in [-0.2, -0.15) is 5.10 Å². The number of nitrogens with zero attached hydrogens (tertiary/aromatic N) is 6. The summed E-state index contributed by atoms with van der Waals surface area (Å²) in [6, 6.07) is 6.34. The van der Waals surface area contributed by atoms with Crippen LogP contribution < -0.4 is 5.32 Å². The molecule has 4 heterocycles. The number of hydrogen-bond acceptors (Lipinski definition) is 5. The van der Waals surface area contributed by atoms with Crippen LogP contribution in [0.2, 0.25) is 0 Å². The Kier molecular flexibility index (Phi) is 3.31. The Morgan fingerprint density at radius 3 is 3.08 bits per heavy atom. The number of anilines is 2. The van der Waals surface area contributed by atoms with Crippen molar-refractivity contribution in [3.05, 3.63) is 60.3 Å². The molecule has 1 aliphatic rings. The minimum Gasteiger partial charge on any atom is -0.335 e. The maximum Gasteiger partial charge on any atom is 0.180 e. The molecule has 0 aliphatic carbocycles. The number of aliphatic imine (C=N–C) groups is 1. The van der Waals surface area contributed by atoms with Crippen LogP contribution in [0.15, 0.2) is 54.2 Å². The van der Waals surface area contributed by atoms with Gasteiger partial charge in [-0.25, -0.2) is 9.97 Å². The van der Waals surface area contributed by atoms with Crippen LogP contribution in [-0.2, 0) is 13.1 Å². The highest BCUT2D eigenvalue weighted by molar-refractivity contribution is 5.86. The Morgan fingerprint density at radius 2 is 2.19 bits per heavy atom. The zero-order valence-corrected chi connectivity index (χ0v) is 14.3. The average molecular weight is 343 g/mol. The summed E-state index contributed by atoms with van der Waals surface area (Å²) >= 11 is 0. The fraction of sp³-hybridized carbons (Fsp3) is 0.158. The van der Waals surface area contributed by atoms with Gasteiger partial charge < -0.3 is 9.72 Å². The SMILES string of the molecule is CCn1cc(Nc2nc(-c3ccc4c(c3)CN=C4)cn3ccnc23)cn1. The molecule has 0 fully saturated rings. The van der Waals surface area contributed by atoms with Gasteiger partial charge in [0.2, 0.25) is 0 Å². The number of aromatic nitrogens is 5. The summed E-state index contributed by atoms with van der Waals surface area (Å²) < 4.78 is 3.86. The molecule has 5 rings (SSSR count). The zero-order valence-electron chi connectivity index (χ0n) is 14.3. The molecule has 0 unspecified atom stereocenters. The summed E-state index contributed by atoms with van der Waals surface area (Å²) in [5.41, 5.74) is 6.04. The van der Waals surface area contributed by atoms with Crippen molar-refractivity contribution in [1.29, 1.82) is 0 Å². The molecule has 7 nitrogen and oxygen atoms in total. The summed E-state index contributed by atoms with van der Waals surface area (Å²) in [5.74, 6) is 0.708. The van der Waals surface area contributed by atoms with Gasteiger partial charge in [0.05, 0.1) is 24.1 Å². The lowest BCUT2D eigenvalue weighted by Gasteiger charge is -2.09. The largest absolute Gasteiger partial charge is 0.335 e. The standard InChI is InChI=1S/C19H17N7/c1-2-26-11-16(10-22-26)23-18-19-21-5-6-25(19)12-17(24-18)13-3-4-14-8-20-9-15(14)7-13/h3-8,10-12H,2,9H2,1H3,(H,23,24). The second-order valence-corrected chi connectivity index (χ2v) is 6.23. The number of benzene rings is 1. The molecule has 7 heteroatoms. The first kappa shape index (κ1) is 14.8. The average Bonchev–Trinajstić information content (AvgIpc) is 3.40. The molecule has 1 aliphatic heterocycles. The number of nitrogens with one attached hydrogen (secondary N) is 1. The van der Waals surface area contributed by atoms with Crippen LogP contribution >= 0.6 is 0 Å². The molecule has 0 amide bonds. The second kappa shape index (κ2) is 5.80. The third-order valence-electron chi connectivity index (χ3n) is 4.52. The number of aryl methyl sites for hydroxylation is 1.